The van der Waals surface area contributed by atoms with Gasteiger partial charge in [-0.2, -0.15) is 0 Å². The van der Waals surface area contributed by atoms with Crippen molar-refractivity contribution in [3.05, 3.63) is 82.9 Å². The molecule has 0 bridgehead atoms. The molecule has 0 unspecified atom stereocenters. The number of unbranched alkanes of at least 4 members (excludes halogenated alkanes) is 1. The number of anilines is 2. The van der Waals surface area contributed by atoms with Gasteiger partial charge in [-0.1, -0.05) is 31.2 Å². The molecule has 14 nitrogen and oxygen atoms in total. The molecule has 0 spiro atoms. The Kier molecular flexibility index (Phi) is 13.0. The minimum absolute atomic E-state index is 0.0523. The van der Waals surface area contributed by atoms with E-state index in [0.29, 0.717) is 30.4 Å². The van der Waals surface area contributed by atoms with Gasteiger partial charge >= 0.3 is 23.8 Å². The van der Waals surface area contributed by atoms with Crippen molar-refractivity contribution >= 4 is 47.0 Å². The fraction of sp³-hybridized carbons (Fsp3) is 0.294. The third-order valence-electron chi connectivity index (χ3n) is 7.16. The summed E-state index contributed by atoms with van der Waals surface area (Å²) in [6.07, 6.45) is 1.42. The van der Waals surface area contributed by atoms with Crippen LogP contribution in [0.2, 0.25) is 0 Å². The minimum atomic E-state index is -1.74. The molecule has 3 aromatic rings. The Bertz CT molecular complexity index is 1690. The number of nitrogens with one attached hydrogen (secondary N) is 2. The highest BCUT2D eigenvalue weighted by molar-refractivity contribution is 6.39. The summed E-state index contributed by atoms with van der Waals surface area (Å²) in [5.74, 6) is -5.98. The van der Waals surface area contributed by atoms with Crippen LogP contribution in [0.5, 0.6) is 11.5 Å². The number of benzene rings is 3. The zero-order valence-electron chi connectivity index (χ0n) is 26.6. The Morgan fingerprint density at radius 2 is 1.67 bits per heavy atom. The number of ether oxygens (including phenoxy) is 2. The number of carbonyl (C=O) groups excluding carboxylic acids is 4. The number of carbonyl (C=O) groups is 6. The third kappa shape index (κ3) is 9.55. The SMILES string of the molecule is CCc1cc(C[C@H](NC(C)=O)C(=O)NCCCCOc2cccc(O)c2C(=O)OC)ccc1N(C(=O)C(=O)O)c1cccc(C(=O)O)c1. The van der Waals surface area contributed by atoms with E-state index in [9.17, 15) is 44.1 Å². The maximum absolute atomic E-state index is 13.1. The van der Waals surface area contributed by atoms with Crippen LogP contribution in [-0.4, -0.2) is 77.3 Å². The van der Waals surface area contributed by atoms with E-state index in [-0.39, 0.29) is 53.6 Å². The zero-order valence-corrected chi connectivity index (χ0v) is 26.6. The number of rotatable bonds is 15. The fourth-order valence-corrected chi connectivity index (χ4v) is 4.89. The summed E-state index contributed by atoms with van der Waals surface area (Å²) in [4.78, 5) is 74.0. The number of aliphatic carboxylic acids is 1. The molecule has 1 atom stereocenters. The van der Waals surface area contributed by atoms with Crippen molar-refractivity contribution in [1.82, 2.24) is 10.6 Å². The maximum Gasteiger partial charge on any atom is 0.395 e. The Balaban J connectivity index is 1.70. The lowest BCUT2D eigenvalue weighted by molar-refractivity contribution is -0.148. The molecule has 3 aromatic carbocycles. The van der Waals surface area contributed by atoms with Crippen LogP contribution in [0.4, 0.5) is 11.4 Å². The third-order valence-corrected chi connectivity index (χ3v) is 7.16. The molecular formula is C34H37N3O11. The number of esters is 1. The van der Waals surface area contributed by atoms with Gasteiger partial charge in [0, 0.05) is 19.9 Å². The van der Waals surface area contributed by atoms with Gasteiger partial charge in [-0.25, -0.2) is 14.4 Å². The fourth-order valence-electron chi connectivity index (χ4n) is 4.89. The molecule has 0 aliphatic rings. The molecule has 3 amide bonds. The summed E-state index contributed by atoms with van der Waals surface area (Å²) in [5, 5.41) is 34.3. The number of hydrogen-bond donors (Lipinski definition) is 5. The Morgan fingerprint density at radius 1 is 0.938 bits per heavy atom. The van der Waals surface area contributed by atoms with Gasteiger partial charge in [-0.3, -0.25) is 19.3 Å². The molecule has 254 valence electrons. The molecule has 48 heavy (non-hydrogen) atoms. The van der Waals surface area contributed by atoms with Crippen LogP contribution in [-0.2, 0) is 36.8 Å². The number of hydrogen-bond acceptors (Lipinski definition) is 9. The van der Waals surface area contributed by atoms with Crippen molar-refractivity contribution in [1.29, 1.82) is 0 Å². The van der Waals surface area contributed by atoms with Gasteiger partial charge in [0.15, 0.2) is 0 Å². The second kappa shape index (κ2) is 17.1. The van der Waals surface area contributed by atoms with Gasteiger partial charge in [0.1, 0.15) is 23.1 Å². The number of aryl methyl sites for hydroxylation is 1. The molecule has 0 fully saturated rings. The van der Waals surface area contributed by atoms with E-state index in [4.69, 9.17) is 4.74 Å². The maximum atomic E-state index is 13.1. The van der Waals surface area contributed by atoms with Crippen LogP contribution >= 0.6 is 0 Å². The predicted molar refractivity (Wildman–Crippen MR) is 172 cm³/mol. The molecule has 0 heterocycles. The number of amides is 3. The van der Waals surface area contributed by atoms with Crippen LogP contribution in [0.25, 0.3) is 0 Å². The molecule has 3 rings (SSSR count). The highest BCUT2D eigenvalue weighted by Gasteiger charge is 2.28. The van der Waals surface area contributed by atoms with E-state index >= 15 is 0 Å². The second-order valence-corrected chi connectivity index (χ2v) is 10.6. The monoisotopic (exact) mass is 663 g/mol. The van der Waals surface area contributed by atoms with Crippen LogP contribution in [0.15, 0.2) is 60.7 Å². The number of aromatic hydroxyl groups is 1. The molecule has 0 aliphatic heterocycles. The van der Waals surface area contributed by atoms with Crippen molar-refractivity contribution in [2.75, 3.05) is 25.2 Å². The highest BCUT2D eigenvalue weighted by atomic mass is 16.5. The molecule has 0 radical (unpaired) electrons. The second-order valence-electron chi connectivity index (χ2n) is 10.6. The van der Waals surface area contributed by atoms with Gasteiger partial charge in [0.2, 0.25) is 11.8 Å². The van der Waals surface area contributed by atoms with Gasteiger partial charge < -0.3 is 35.4 Å². The number of phenolic OH excluding ortho intramolecular Hbond substituents is 1. The first-order chi connectivity index (χ1) is 22.9. The summed E-state index contributed by atoms with van der Waals surface area (Å²) >= 11 is 0. The summed E-state index contributed by atoms with van der Waals surface area (Å²) in [7, 11) is 1.19. The number of nitrogens with zero attached hydrogens (tertiary/aromatic N) is 1. The Labute approximate surface area is 276 Å². The quantitative estimate of drug-likeness (QED) is 0.0906. The van der Waals surface area contributed by atoms with E-state index in [0.717, 1.165) is 4.90 Å². The molecule has 0 saturated heterocycles. The van der Waals surface area contributed by atoms with Gasteiger partial charge in [0.25, 0.3) is 0 Å². The van der Waals surface area contributed by atoms with E-state index in [2.05, 4.69) is 15.4 Å². The standard InChI is InChI=1S/C34H37N3O11/c1-4-22-17-21(13-14-26(22)37(31(41)33(44)45)24-10-7-9-23(19-24)32(42)43)18-25(36-20(2)38)30(40)35-15-5-6-16-48-28-12-8-11-27(39)29(28)34(46)47-3/h7-14,17,19,25,39H,4-6,15-16,18H2,1-3H3,(H,35,40)(H,36,38)(H,42,43)(H,44,45)/t25-/m0/s1. The summed E-state index contributed by atoms with van der Waals surface area (Å²) in [6.45, 7) is 3.51. The normalized spacial score (nSPS) is 11.1. The predicted octanol–water partition coefficient (Wildman–Crippen LogP) is 3.21. The number of methoxy groups -OCH3 is 1. The largest absolute Gasteiger partial charge is 0.507 e. The average molecular weight is 664 g/mol. The minimum Gasteiger partial charge on any atom is -0.507 e. The first-order valence-electron chi connectivity index (χ1n) is 15.0. The van der Waals surface area contributed by atoms with Crippen molar-refractivity contribution < 1.29 is 53.6 Å². The van der Waals surface area contributed by atoms with E-state index in [1.807, 2.05) is 0 Å². The molecule has 0 aromatic heterocycles. The Morgan fingerprint density at radius 3 is 2.31 bits per heavy atom. The smallest absolute Gasteiger partial charge is 0.395 e. The van der Waals surface area contributed by atoms with Crippen LogP contribution in [0.1, 0.15) is 58.5 Å². The van der Waals surface area contributed by atoms with Crippen molar-refractivity contribution in [3.8, 4) is 11.5 Å². The van der Waals surface area contributed by atoms with Crippen LogP contribution in [0, 0.1) is 0 Å². The van der Waals surface area contributed by atoms with Crippen LogP contribution in [0.3, 0.4) is 0 Å². The summed E-state index contributed by atoms with van der Waals surface area (Å²) in [6, 6.07) is 13.6. The topological polar surface area (TPSA) is 209 Å². The lowest BCUT2D eigenvalue weighted by Gasteiger charge is -2.25. The van der Waals surface area contributed by atoms with Gasteiger partial charge in [0.05, 0.1) is 30.7 Å². The van der Waals surface area contributed by atoms with Gasteiger partial charge in [-0.15, -0.1) is 0 Å². The van der Waals surface area contributed by atoms with E-state index in [1.54, 1.807) is 19.1 Å². The number of phenols is 1. The van der Waals surface area contributed by atoms with E-state index in [1.165, 1.54) is 62.6 Å². The molecule has 14 heteroatoms. The van der Waals surface area contributed by atoms with Gasteiger partial charge in [-0.05, 0) is 66.8 Å². The van der Waals surface area contributed by atoms with Crippen LogP contribution < -0.4 is 20.3 Å². The first-order valence-corrected chi connectivity index (χ1v) is 15.0. The lowest BCUT2D eigenvalue weighted by atomic mass is 9.99. The van der Waals surface area contributed by atoms with E-state index < -0.39 is 41.7 Å². The number of aromatic carboxylic acids is 1. The number of carboxylic acids is 2. The molecular weight excluding hydrogens is 626 g/mol. The lowest BCUT2D eigenvalue weighted by Crippen LogP contribution is -2.47. The van der Waals surface area contributed by atoms with Crippen molar-refractivity contribution in [2.24, 2.45) is 0 Å². The molecule has 5 N–H and O–H groups in total. The van der Waals surface area contributed by atoms with Crippen molar-refractivity contribution in [2.45, 2.75) is 45.6 Å². The summed E-state index contributed by atoms with van der Waals surface area (Å²) < 4.78 is 10.3. The average Bonchev–Trinajstić information content (AvgIpc) is 3.06. The summed E-state index contributed by atoms with van der Waals surface area (Å²) in [5.41, 5.74) is 1.23. The van der Waals surface area contributed by atoms with Crippen molar-refractivity contribution in [3.63, 3.8) is 0 Å². The number of carboxylic acid groups (broad SMARTS) is 2. The highest BCUT2D eigenvalue weighted by Crippen LogP contribution is 2.32. The molecule has 0 aliphatic carbocycles. The Hall–Kier alpha value is -5.92. The molecule has 0 saturated carbocycles. The zero-order chi connectivity index (χ0) is 35.4. The first kappa shape index (κ1) is 36.5.